The van der Waals surface area contributed by atoms with Crippen LogP contribution < -0.4 is 0 Å². The summed E-state index contributed by atoms with van der Waals surface area (Å²) < 4.78 is 5.08. The molecule has 0 unspecified atom stereocenters. The smallest absolute Gasteiger partial charge is 0.338 e. The van der Waals surface area contributed by atoms with E-state index < -0.39 is 0 Å². The molecule has 3 saturated carbocycles. The molecule has 0 N–H and O–H groups in total. The first-order valence-corrected chi connectivity index (χ1v) is 8.46. The van der Waals surface area contributed by atoms with Crippen molar-refractivity contribution in [1.82, 2.24) is 0 Å². The number of hydrogen-bond acceptors (Lipinski definition) is 3. The Morgan fingerprint density at radius 3 is 2.52 bits per heavy atom. The van der Waals surface area contributed by atoms with Crippen LogP contribution in [0.5, 0.6) is 0 Å². The standard InChI is InChI=1S/C17H19BrO3/c1-3-21-15(20)12-5-4-11(2)13(6-12)16-8-17(9-16,10-16)14(19)7-18/h4-6H,3,7-10H2,1-2H3. The molecule has 0 saturated heterocycles. The molecule has 1 aromatic rings. The number of ketones is 1. The van der Waals surface area contributed by atoms with E-state index in [0.29, 0.717) is 23.3 Å². The molecule has 0 aromatic heterocycles. The molecule has 0 amide bonds. The van der Waals surface area contributed by atoms with Gasteiger partial charge in [0.15, 0.2) is 0 Å². The molecular weight excluding hydrogens is 332 g/mol. The summed E-state index contributed by atoms with van der Waals surface area (Å²) in [4.78, 5) is 23.8. The van der Waals surface area contributed by atoms with Crippen molar-refractivity contribution in [1.29, 1.82) is 0 Å². The molecule has 112 valence electrons. The number of carbonyl (C=O) groups is 2. The zero-order valence-corrected chi connectivity index (χ0v) is 14.0. The fraction of sp³-hybridized carbons (Fsp3) is 0.529. The highest BCUT2D eigenvalue weighted by atomic mass is 79.9. The van der Waals surface area contributed by atoms with Gasteiger partial charge in [-0.05, 0) is 61.8 Å². The molecule has 21 heavy (non-hydrogen) atoms. The summed E-state index contributed by atoms with van der Waals surface area (Å²) >= 11 is 3.28. The third kappa shape index (κ3) is 2.07. The maximum atomic E-state index is 12.0. The predicted molar refractivity (Wildman–Crippen MR) is 83.9 cm³/mol. The number of aryl methyl sites for hydroxylation is 1. The largest absolute Gasteiger partial charge is 0.462 e. The molecule has 3 nitrogen and oxygen atoms in total. The lowest BCUT2D eigenvalue weighted by Gasteiger charge is -2.70. The minimum Gasteiger partial charge on any atom is -0.462 e. The van der Waals surface area contributed by atoms with Crippen molar-refractivity contribution in [2.75, 3.05) is 11.9 Å². The lowest BCUT2D eigenvalue weighted by molar-refractivity contribution is -0.170. The van der Waals surface area contributed by atoms with Gasteiger partial charge in [-0.1, -0.05) is 22.0 Å². The summed E-state index contributed by atoms with van der Waals surface area (Å²) in [6, 6.07) is 5.78. The third-order valence-corrected chi connectivity index (χ3v) is 5.57. The van der Waals surface area contributed by atoms with Crippen LogP contribution in [0.25, 0.3) is 0 Å². The van der Waals surface area contributed by atoms with Crippen molar-refractivity contribution in [3.8, 4) is 0 Å². The topological polar surface area (TPSA) is 43.4 Å². The molecule has 0 radical (unpaired) electrons. The van der Waals surface area contributed by atoms with Crippen LogP contribution >= 0.6 is 15.9 Å². The minimum atomic E-state index is -0.267. The van der Waals surface area contributed by atoms with Crippen molar-refractivity contribution in [3.05, 3.63) is 34.9 Å². The highest BCUT2D eigenvalue weighted by Gasteiger charge is 2.71. The van der Waals surface area contributed by atoms with Gasteiger partial charge in [-0.3, -0.25) is 4.79 Å². The molecule has 4 rings (SSSR count). The minimum absolute atomic E-state index is 0.0874. The number of benzene rings is 1. The maximum absolute atomic E-state index is 12.0. The number of ether oxygens (including phenoxy) is 1. The number of rotatable bonds is 5. The SMILES string of the molecule is CCOC(=O)c1ccc(C)c(C23CC(C(=O)CBr)(C2)C3)c1. The van der Waals surface area contributed by atoms with Crippen LogP contribution in [0.4, 0.5) is 0 Å². The van der Waals surface area contributed by atoms with E-state index in [1.807, 2.05) is 25.1 Å². The fourth-order valence-corrected chi connectivity index (χ4v) is 4.64. The van der Waals surface area contributed by atoms with Crippen molar-refractivity contribution >= 4 is 27.7 Å². The Balaban J connectivity index is 1.84. The van der Waals surface area contributed by atoms with E-state index in [9.17, 15) is 9.59 Å². The Morgan fingerprint density at radius 1 is 1.29 bits per heavy atom. The monoisotopic (exact) mass is 350 g/mol. The van der Waals surface area contributed by atoms with E-state index in [2.05, 4.69) is 22.9 Å². The molecule has 1 aromatic carbocycles. The van der Waals surface area contributed by atoms with Crippen LogP contribution in [-0.4, -0.2) is 23.7 Å². The number of halogens is 1. The number of hydrogen-bond donors (Lipinski definition) is 0. The molecule has 0 spiro atoms. The van der Waals surface area contributed by atoms with Gasteiger partial charge in [0.1, 0.15) is 5.78 Å². The summed E-state index contributed by atoms with van der Waals surface area (Å²) in [7, 11) is 0. The summed E-state index contributed by atoms with van der Waals surface area (Å²) in [5.74, 6) is 0.0557. The number of alkyl halides is 1. The summed E-state index contributed by atoms with van der Waals surface area (Å²) in [6.45, 7) is 4.27. The van der Waals surface area contributed by atoms with Crippen LogP contribution in [0.2, 0.25) is 0 Å². The zero-order valence-electron chi connectivity index (χ0n) is 12.4. The van der Waals surface area contributed by atoms with Crippen molar-refractivity contribution < 1.29 is 14.3 Å². The van der Waals surface area contributed by atoms with Crippen LogP contribution in [-0.2, 0) is 14.9 Å². The van der Waals surface area contributed by atoms with Gasteiger partial charge in [-0.25, -0.2) is 4.79 Å². The van der Waals surface area contributed by atoms with Gasteiger partial charge >= 0.3 is 5.97 Å². The number of carbonyl (C=O) groups excluding carboxylic acids is 2. The predicted octanol–water partition coefficient (Wildman–Crippen LogP) is 3.56. The lowest BCUT2D eigenvalue weighted by Crippen LogP contribution is -2.68. The van der Waals surface area contributed by atoms with E-state index in [0.717, 1.165) is 19.3 Å². The van der Waals surface area contributed by atoms with E-state index in [1.54, 1.807) is 0 Å². The Bertz CT molecular complexity index is 601. The van der Waals surface area contributed by atoms with Gasteiger partial charge in [0.05, 0.1) is 17.5 Å². The van der Waals surface area contributed by atoms with E-state index in [1.165, 1.54) is 11.1 Å². The van der Waals surface area contributed by atoms with E-state index >= 15 is 0 Å². The normalized spacial score (nSPS) is 29.3. The highest BCUT2D eigenvalue weighted by Crippen LogP contribution is 2.74. The quantitative estimate of drug-likeness (QED) is 0.602. The van der Waals surface area contributed by atoms with Crippen molar-refractivity contribution in [2.45, 2.75) is 38.5 Å². The maximum Gasteiger partial charge on any atom is 0.338 e. The van der Waals surface area contributed by atoms with Gasteiger partial charge in [0, 0.05) is 5.41 Å². The molecule has 3 aliphatic rings. The summed E-state index contributed by atoms with van der Waals surface area (Å²) in [5.41, 5.74) is 3.06. The molecule has 0 heterocycles. The van der Waals surface area contributed by atoms with Crippen LogP contribution in [0.1, 0.15) is 47.7 Å². The molecule has 0 atom stereocenters. The molecule has 3 fully saturated rings. The Labute approximate surface area is 133 Å². The Hall–Kier alpha value is -1.16. The van der Waals surface area contributed by atoms with Crippen molar-refractivity contribution in [2.24, 2.45) is 5.41 Å². The Kier molecular flexibility index (Phi) is 3.47. The number of Topliss-reactive ketones (excluding diaryl/α,β-unsaturated/α-hetero) is 1. The molecule has 2 bridgehead atoms. The van der Waals surface area contributed by atoms with E-state index in [-0.39, 0.29) is 16.8 Å². The first-order chi connectivity index (χ1) is 9.96. The molecule has 3 aliphatic carbocycles. The zero-order chi connectivity index (χ0) is 15.3. The van der Waals surface area contributed by atoms with Gasteiger partial charge in [0.25, 0.3) is 0 Å². The summed E-state index contributed by atoms with van der Waals surface area (Å²) in [6.07, 6.45) is 2.78. The lowest BCUT2D eigenvalue weighted by atomic mass is 9.32. The summed E-state index contributed by atoms with van der Waals surface area (Å²) in [5, 5.41) is 0.449. The van der Waals surface area contributed by atoms with Crippen LogP contribution in [0.15, 0.2) is 18.2 Å². The third-order valence-electron chi connectivity index (χ3n) is 5.06. The van der Waals surface area contributed by atoms with Gasteiger partial charge in [-0.2, -0.15) is 0 Å². The average molecular weight is 351 g/mol. The highest BCUT2D eigenvalue weighted by molar-refractivity contribution is 9.09. The second kappa shape index (κ2) is 4.94. The van der Waals surface area contributed by atoms with Crippen LogP contribution in [0, 0.1) is 12.3 Å². The molecule has 4 heteroatoms. The molecule has 0 aliphatic heterocycles. The Morgan fingerprint density at radius 2 is 1.95 bits per heavy atom. The van der Waals surface area contributed by atoms with Crippen LogP contribution in [0.3, 0.4) is 0 Å². The first kappa shape index (κ1) is 14.8. The second-order valence-electron chi connectivity index (χ2n) is 6.40. The second-order valence-corrected chi connectivity index (χ2v) is 6.96. The van der Waals surface area contributed by atoms with Gasteiger partial charge in [0.2, 0.25) is 0 Å². The fourth-order valence-electron chi connectivity index (χ4n) is 4.05. The number of esters is 1. The van der Waals surface area contributed by atoms with Crippen molar-refractivity contribution in [3.63, 3.8) is 0 Å². The van der Waals surface area contributed by atoms with Gasteiger partial charge in [-0.15, -0.1) is 0 Å². The molecular formula is C17H19BrO3. The average Bonchev–Trinajstić information content (AvgIpc) is 2.37. The van der Waals surface area contributed by atoms with Gasteiger partial charge < -0.3 is 4.74 Å². The first-order valence-electron chi connectivity index (χ1n) is 7.34. The van der Waals surface area contributed by atoms with E-state index in [4.69, 9.17) is 4.74 Å².